The first-order chi connectivity index (χ1) is 8.67. The van der Waals surface area contributed by atoms with Crippen molar-refractivity contribution in [3.63, 3.8) is 0 Å². The number of aliphatic hydroxyl groups is 2. The number of ether oxygens (including phenoxy) is 1. The minimum Gasteiger partial charge on any atom is -0.394 e. The molecule has 0 fully saturated rings. The van der Waals surface area contributed by atoms with Crippen molar-refractivity contribution in [3.8, 4) is 0 Å². The molecule has 0 aliphatic carbocycles. The largest absolute Gasteiger partial charge is 0.394 e. The number of fused-ring (bicyclic) bond motifs is 1. The zero-order valence-corrected chi connectivity index (χ0v) is 9.91. The summed E-state index contributed by atoms with van der Waals surface area (Å²) in [4.78, 5) is 17.9. The van der Waals surface area contributed by atoms with Crippen LogP contribution in [0, 0.1) is 0 Å². The summed E-state index contributed by atoms with van der Waals surface area (Å²) in [7, 11) is 1.46. The van der Waals surface area contributed by atoms with E-state index in [1.54, 1.807) is 6.07 Å². The van der Waals surface area contributed by atoms with E-state index in [0.717, 1.165) is 0 Å². The van der Waals surface area contributed by atoms with Crippen molar-refractivity contribution in [2.75, 3.05) is 13.7 Å². The van der Waals surface area contributed by atoms with Crippen LogP contribution in [0.5, 0.6) is 0 Å². The standard InChI is InChI=1S/C11H15N3O4/c1-18-7(5-15)4-9(16)14-6-13-10-8(14)2-3-12-11(10)17/h2-3,6-7,9,15-16H,4-5H2,1H3,(H,12,17)/t7-,9+/m0/s1. The Morgan fingerprint density at radius 1 is 1.61 bits per heavy atom. The first kappa shape index (κ1) is 12.7. The van der Waals surface area contributed by atoms with Crippen molar-refractivity contribution in [3.05, 3.63) is 28.9 Å². The summed E-state index contributed by atoms with van der Waals surface area (Å²) in [5, 5.41) is 19.1. The number of H-pyrrole nitrogens is 1. The van der Waals surface area contributed by atoms with Crippen LogP contribution in [0.3, 0.4) is 0 Å². The number of nitrogens with one attached hydrogen (secondary N) is 1. The Bertz CT molecular complexity index is 573. The smallest absolute Gasteiger partial charge is 0.276 e. The van der Waals surface area contributed by atoms with Crippen molar-refractivity contribution in [1.29, 1.82) is 0 Å². The van der Waals surface area contributed by atoms with Gasteiger partial charge in [-0.25, -0.2) is 4.98 Å². The monoisotopic (exact) mass is 253 g/mol. The van der Waals surface area contributed by atoms with Crippen LogP contribution < -0.4 is 5.56 Å². The lowest BCUT2D eigenvalue weighted by Crippen LogP contribution is -2.22. The molecule has 2 aromatic heterocycles. The molecule has 3 N–H and O–H groups in total. The fourth-order valence-corrected chi connectivity index (χ4v) is 1.81. The fourth-order valence-electron chi connectivity index (χ4n) is 1.81. The van der Waals surface area contributed by atoms with Gasteiger partial charge in [0.15, 0.2) is 5.52 Å². The predicted octanol–water partition coefficient (Wildman–Crippen LogP) is -0.387. The van der Waals surface area contributed by atoms with Crippen LogP contribution in [0.1, 0.15) is 12.6 Å². The summed E-state index contributed by atoms with van der Waals surface area (Å²) in [6.45, 7) is -0.180. The van der Waals surface area contributed by atoms with Gasteiger partial charge < -0.3 is 24.5 Å². The molecule has 7 heteroatoms. The van der Waals surface area contributed by atoms with Gasteiger partial charge in [-0.05, 0) is 6.07 Å². The number of pyridine rings is 1. The molecule has 2 aromatic rings. The molecule has 0 spiro atoms. The van der Waals surface area contributed by atoms with E-state index in [-0.39, 0.29) is 24.1 Å². The number of nitrogens with zero attached hydrogens (tertiary/aromatic N) is 2. The average Bonchev–Trinajstić information content (AvgIpc) is 2.81. The quantitative estimate of drug-likeness (QED) is 0.674. The van der Waals surface area contributed by atoms with Crippen LogP contribution in [0.15, 0.2) is 23.4 Å². The highest BCUT2D eigenvalue weighted by molar-refractivity contribution is 5.73. The third-order valence-corrected chi connectivity index (χ3v) is 2.83. The van der Waals surface area contributed by atoms with Gasteiger partial charge in [-0.3, -0.25) is 4.79 Å². The summed E-state index contributed by atoms with van der Waals surface area (Å²) in [6, 6.07) is 1.66. The summed E-state index contributed by atoms with van der Waals surface area (Å²) < 4.78 is 6.47. The molecule has 0 aliphatic rings. The summed E-state index contributed by atoms with van der Waals surface area (Å²) in [6.07, 6.45) is 1.74. The molecule has 0 radical (unpaired) electrons. The highest BCUT2D eigenvalue weighted by atomic mass is 16.5. The number of rotatable bonds is 5. The SMILES string of the molecule is CO[C@H](CO)C[C@@H](O)n1cnc2c(=O)[nH]ccc21. The van der Waals surface area contributed by atoms with Crippen molar-refractivity contribution in [1.82, 2.24) is 14.5 Å². The second kappa shape index (κ2) is 5.30. The van der Waals surface area contributed by atoms with Gasteiger partial charge in [-0.1, -0.05) is 0 Å². The minimum atomic E-state index is -0.908. The van der Waals surface area contributed by atoms with Crippen LogP contribution in [0.4, 0.5) is 0 Å². The highest BCUT2D eigenvalue weighted by Crippen LogP contribution is 2.17. The third-order valence-electron chi connectivity index (χ3n) is 2.83. The van der Waals surface area contributed by atoms with E-state index in [9.17, 15) is 9.90 Å². The average molecular weight is 253 g/mol. The van der Waals surface area contributed by atoms with E-state index in [0.29, 0.717) is 5.52 Å². The molecule has 7 nitrogen and oxygen atoms in total. The van der Waals surface area contributed by atoms with Gasteiger partial charge in [0.25, 0.3) is 5.56 Å². The lowest BCUT2D eigenvalue weighted by molar-refractivity contribution is -0.0111. The Morgan fingerprint density at radius 2 is 2.39 bits per heavy atom. The minimum absolute atomic E-state index is 0.180. The van der Waals surface area contributed by atoms with Crippen LogP contribution in [-0.4, -0.2) is 44.6 Å². The Kier molecular flexibility index (Phi) is 3.75. The number of aromatic amines is 1. The lowest BCUT2D eigenvalue weighted by atomic mass is 10.2. The van der Waals surface area contributed by atoms with Gasteiger partial charge >= 0.3 is 0 Å². The van der Waals surface area contributed by atoms with Crippen molar-refractivity contribution < 1.29 is 14.9 Å². The number of aliphatic hydroxyl groups excluding tert-OH is 2. The Morgan fingerprint density at radius 3 is 3.06 bits per heavy atom. The molecule has 2 rings (SSSR count). The van der Waals surface area contributed by atoms with E-state index in [2.05, 4.69) is 9.97 Å². The third kappa shape index (κ3) is 2.28. The molecule has 0 bridgehead atoms. The molecule has 0 unspecified atom stereocenters. The number of methoxy groups -OCH3 is 1. The zero-order chi connectivity index (χ0) is 13.1. The summed E-state index contributed by atoms with van der Waals surface area (Å²) in [5.41, 5.74) is 0.512. The number of hydrogen-bond donors (Lipinski definition) is 3. The molecule has 2 heterocycles. The second-order valence-electron chi connectivity index (χ2n) is 3.95. The molecular weight excluding hydrogens is 238 g/mol. The maximum atomic E-state index is 11.5. The number of aromatic nitrogens is 3. The maximum Gasteiger partial charge on any atom is 0.276 e. The predicted molar refractivity (Wildman–Crippen MR) is 64.1 cm³/mol. The van der Waals surface area contributed by atoms with Crippen LogP contribution >= 0.6 is 0 Å². The molecule has 0 aromatic carbocycles. The molecule has 0 aliphatic heterocycles. The van der Waals surface area contributed by atoms with Gasteiger partial charge in [0.2, 0.25) is 0 Å². The van der Waals surface area contributed by atoms with E-state index in [4.69, 9.17) is 9.84 Å². The molecule has 0 saturated heterocycles. The molecule has 18 heavy (non-hydrogen) atoms. The van der Waals surface area contributed by atoms with E-state index in [1.807, 2.05) is 0 Å². The van der Waals surface area contributed by atoms with E-state index < -0.39 is 12.3 Å². The van der Waals surface area contributed by atoms with Gasteiger partial charge in [0, 0.05) is 19.7 Å². The lowest BCUT2D eigenvalue weighted by Gasteiger charge is -2.18. The zero-order valence-electron chi connectivity index (χ0n) is 9.91. The Labute approximate surface area is 103 Å². The number of hydrogen-bond acceptors (Lipinski definition) is 5. The van der Waals surface area contributed by atoms with Crippen molar-refractivity contribution in [2.45, 2.75) is 18.8 Å². The first-order valence-corrected chi connectivity index (χ1v) is 5.53. The highest BCUT2D eigenvalue weighted by Gasteiger charge is 2.17. The first-order valence-electron chi connectivity index (χ1n) is 5.53. The van der Waals surface area contributed by atoms with Crippen molar-refractivity contribution >= 4 is 11.0 Å². The topological polar surface area (TPSA) is 100 Å². The fraction of sp³-hybridized carbons (Fsp3) is 0.455. The van der Waals surface area contributed by atoms with Crippen LogP contribution in [0.2, 0.25) is 0 Å². The van der Waals surface area contributed by atoms with E-state index >= 15 is 0 Å². The second-order valence-corrected chi connectivity index (χ2v) is 3.95. The Balaban J connectivity index is 2.31. The van der Waals surface area contributed by atoms with E-state index in [1.165, 1.54) is 24.2 Å². The number of imidazole rings is 1. The molecular formula is C11H15N3O4. The van der Waals surface area contributed by atoms with Gasteiger partial charge in [0.1, 0.15) is 6.23 Å². The molecule has 0 saturated carbocycles. The normalized spacial score (nSPS) is 14.8. The molecule has 0 amide bonds. The molecule has 98 valence electrons. The Hall–Kier alpha value is -1.70. The summed E-state index contributed by atoms with van der Waals surface area (Å²) in [5.74, 6) is 0. The van der Waals surface area contributed by atoms with Gasteiger partial charge in [0.05, 0.1) is 24.6 Å². The maximum absolute atomic E-state index is 11.5. The van der Waals surface area contributed by atoms with Crippen LogP contribution in [0.25, 0.3) is 11.0 Å². The van der Waals surface area contributed by atoms with Crippen LogP contribution in [-0.2, 0) is 4.74 Å². The van der Waals surface area contributed by atoms with Crippen molar-refractivity contribution in [2.24, 2.45) is 0 Å². The van der Waals surface area contributed by atoms with Gasteiger partial charge in [-0.15, -0.1) is 0 Å². The molecule has 2 atom stereocenters. The summed E-state index contributed by atoms with van der Waals surface area (Å²) >= 11 is 0. The van der Waals surface area contributed by atoms with Gasteiger partial charge in [-0.2, -0.15) is 0 Å².